The maximum Gasteiger partial charge on any atom is 0.174 e. The Balaban J connectivity index is 1.72. The Kier molecular flexibility index (Phi) is 6.56. The maximum atomic E-state index is 8.61. The van der Waals surface area contributed by atoms with Gasteiger partial charge in [0.1, 0.15) is 11.8 Å². The molecular formula is C18H26N2O. The van der Waals surface area contributed by atoms with Gasteiger partial charge in [-0.05, 0) is 37.3 Å². The van der Waals surface area contributed by atoms with Crippen molar-refractivity contribution in [3.05, 3.63) is 29.8 Å². The third-order valence-electron chi connectivity index (χ3n) is 4.35. The summed E-state index contributed by atoms with van der Waals surface area (Å²) in [6.45, 7) is 4.35. The van der Waals surface area contributed by atoms with Gasteiger partial charge in [-0.1, -0.05) is 44.4 Å². The largest absolute Gasteiger partial charge is 0.478 e. The Hall–Kier alpha value is -1.53. The second kappa shape index (κ2) is 8.69. The van der Waals surface area contributed by atoms with Crippen LogP contribution in [0.2, 0.25) is 0 Å². The average Bonchev–Trinajstić information content (AvgIpc) is 2.50. The van der Waals surface area contributed by atoms with Crippen LogP contribution in [-0.4, -0.2) is 13.2 Å². The van der Waals surface area contributed by atoms with Gasteiger partial charge in [0.05, 0.1) is 0 Å². The first kappa shape index (κ1) is 15.9. The van der Waals surface area contributed by atoms with E-state index in [2.05, 4.69) is 18.3 Å². The fraction of sp³-hybridized carbons (Fsp3) is 0.611. The number of ether oxygens (including phenoxy) is 1. The highest BCUT2D eigenvalue weighted by Gasteiger charge is 2.18. The van der Waals surface area contributed by atoms with E-state index in [0.717, 1.165) is 36.2 Å². The van der Waals surface area contributed by atoms with Crippen LogP contribution in [0.3, 0.4) is 0 Å². The molecule has 0 bridgehead atoms. The molecule has 2 unspecified atom stereocenters. The predicted molar refractivity (Wildman–Crippen MR) is 85.0 cm³/mol. The fourth-order valence-corrected chi connectivity index (χ4v) is 3.25. The van der Waals surface area contributed by atoms with Crippen LogP contribution < -0.4 is 10.1 Å². The van der Waals surface area contributed by atoms with Crippen molar-refractivity contribution in [2.24, 2.45) is 11.8 Å². The summed E-state index contributed by atoms with van der Waals surface area (Å²) in [5.74, 6) is 2.62. The lowest BCUT2D eigenvalue weighted by molar-refractivity contribution is 0.267. The van der Waals surface area contributed by atoms with E-state index in [1.165, 1.54) is 32.1 Å². The van der Waals surface area contributed by atoms with Crippen LogP contribution in [0.5, 0.6) is 5.75 Å². The molecule has 0 aromatic heterocycles. The lowest BCUT2D eigenvalue weighted by Gasteiger charge is -2.26. The van der Waals surface area contributed by atoms with Crippen LogP contribution in [-0.2, 0) is 6.54 Å². The zero-order chi connectivity index (χ0) is 14.9. The molecule has 1 fully saturated rings. The van der Waals surface area contributed by atoms with Gasteiger partial charge in [0.2, 0.25) is 0 Å². The van der Waals surface area contributed by atoms with E-state index in [9.17, 15) is 0 Å². The van der Waals surface area contributed by atoms with E-state index < -0.39 is 0 Å². The van der Waals surface area contributed by atoms with Gasteiger partial charge in [0.15, 0.2) is 6.61 Å². The van der Waals surface area contributed by atoms with Crippen molar-refractivity contribution in [3.63, 3.8) is 0 Å². The highest BCUT2D eigenvalue weighted by Crippen LogP contribution is 2.30. The summed E-state index contributed by atoms with van der Waals surface area (Å²) in [5.41, 5.74) is 1.13. The second-order valence-electron chi connectivity index (χ2n) is 6.16. The first-order valence-electron chi connectivity index (χ1n) is 8.08. The minimum absolute atomic E-state index is 0.108. The SMILES string of the molecule is CC1CCCC(CCNCc2ccccc2OCC#N)C1. The molecular weight excluding hydrogens is 260 g/mol. The zero-order valence-corrected chi connectivity index (χ0v) is 13.0. The number of nitriles is 1. The maximum absolute atomic E-state index is 8.61. The lowest BCUT2D eigenvalue weighted by Crippen LogP contribution is -2.21. The highest BCUT2D eigenvalue weighted by atomic mass is 16.5. The molecule has 3 nitrogen and oxygen atoms in total. The average molecular weight is 286 g/mol. The summed E-state index contributed by atoms with van der Waals surface area (Å²) in [5, 5.41) is 12.1. The molecule has 0 aliphatic heterocycles. The molecule has 1 aromatic rings. The third kappa shape index (κ3) is 5.40. The van der Waals surface area contributed by atoms with E-state index in [0.29, 0.717) is 0 Å². The van der Waals surface area contributed by atoms with Crippen LogP contribution in [0, 0.1) is 23.2 Å². The summed E-state index contributed by atoms with van der Waals surface area (Å²) in [6.07, 6.45) is 6.87. The molecule has 1 aromatic carbocycles. The van der Waals surface area contributed by atoms with Gasteiger partial charge >= 0.3 is 0 Å². The zero-order valence-electron chi connectivity index (χ0n) is 13.0. The molecule has 0 spiro atoms. The Morgan fingerprint density at radius 3 is 3.00 bits per heavy atom. The van der Waals surface area contributed by atoms with E-state index in [-0.39, 0.29) is 6.61 Å². The van der Waals surface area contributed by atoms with E-state index >= 15 is 0 Å². The van der Waals surface area contributed by atoms with Gasteiger partial charge in [-0.3, -0.25) is 0 Å². The number of nitrogens with zero attached hydrogens (tertiary/aromatic N) is 1. The molecule has 0 heterocycles. The number of para-hydroxylation sites is 1. The van der Waals surface area contributed by atoms with E-state index in [4.69, 9.17) is 10.00 Å². The Labute approximate surface area is 128 Å². The standard InChI is InChI=1S/C18H26N2O/c1-15-5-4-6-16(13-15)9-11-20-14-17-7-2-3-8-18(17)21-12-10-19/h2-3,7-8,15-16,20H,4-6,9,11-14H2,1H3. The molecule has 3 heteroatoms. The van der Waals surface area contributed by atoms with Crippen LogP contribution in [0.15, 0.2) is 24.3 Å². The van der Waals surface area contributed by atoms with E-state index in [1.54, 1.807) is 0 Å². The summed E-state index contributed by atoms with van der Waals surface area (Å²) in [7, 11) is 0. The molecule has 1 N–H and O–H groups in total. The van der Waals surface area contributed by atoms with Crippen molar-refractivity contribution >= 4 is 0 Å². The smallest absolute Gasteiger partial charge is 0.174 e. The molecule has 0 amide bonds. The topological polar surface area (TPSA) is 45.0 Å². The Morgan fingerprint density at radius 1 is 1.33 bits per heavy atom. The molecule has 1 aliphatic carbocycles. The Morgan fingerprint density at radius 2 is 2.19 bits per heavy atom. The van der Waals surface area contributed by atoms with Gasteiger partial charge in [0, 0.05) is 12.1 Å². The molecule has 1 saturated carbocycles. The molecule has 0 saturated heterocycles. The van der Waals surface area contributed by atoms with Crippen molar-refractivity contribution in [3.8, 4) is 11.8 Å². The van der Waals surface area contributed by atoms with Gasteiger partial charge in [-0.25, -0.2) is 0 Å². The summed E-state index contributed by atoms with van der Waals surface area (Å²) < 4.78 is 5.45. The van der Waals surface area contributed by atoms with Crippen LogP contribution in [0.25, 0.3) is 0 Å². The number of hydrogen-bond donors (Lipinski definition) is 1. The lowest BCUT2D eigenvalue weighted by atomic mass is 9.81. The van der Waals surface area contributed by atoms with Crippen LogP contribution in [0.4, 0.5) is 0 Å². The normalized spacial score (nSPS) is 21.7. The Bertz CT molecular complexity index is 467. The molecule has 21 heavy (non-hydrogen) atoms. The molecule has 2 rings (SSSR count). The number of benzene rings is 1. The van der Waals surface area contributed by atoms with Gasteiger partial charge in [-0.2, -0.15) is 5.26 Å². The quantitative estimate of drug-likeness (QED) is 0.773. The molecule has 114 valence electrons. The van der Waals surface area contributed by atoms with Crippen molar-refractivity contribution < 1.29 is 4.74 Å². The number of hydrogen-bond acceptors (Lipinski definition) is 3. The van der Waals surface area contributed by atoms with Crippen LogP contribution in [0.1, 0.15) is 44.6 Å². The molecule has 2 atom stereocenters. The molecule has 1 aliphatic rings. The van der Waals surface area contributed by atoms with Crippen molar-refractivity contribution in [2.45, 2.75) is 45.6 Å². The second-order valence-corrected chi connectivity index (χ2v) is 6.16. The first-order chi connectivity index (χ1) is 10.3. The summed E-state index contributed by atoms with van der Waals surface area (Å²) >= 11 is 0. The van der Waals surface area contributed by atoms with Gasteiger partial charge in [0.25, 0.3) is 0 Å². The molecule has 0 radical (unpaired) electrons. The van der Waals surface area contributed by atoms with Gasteiger partial charge < -0.3 is 10.1 Å². The van der Waals surface area contributed by atoms with Crippen LogP contribution >= 0.6 is 0 Å². The van der Waals surface area contributed by atoms with Gasteiger partial charge in [-0.15, -0.1) is 0 Å². The third-order valence-corrected chi connectivity index (χ3v) is 4.35. The minimum atomic E-state index is 0.108. The number of nitrogens with one attached hydrogen (secondary N) is 1. The first-order valence-corrected chi connectivity index (χ1v) is 8.08. The minimum Gasteiger partial charge on any atom is -0.478 e. The van der Waals surface area contributed by atoms with Crippen molar-refractivity contribution in [2.75, 3.05) is 13.2 Å². The summed E-state index contributed by atoms with van der Waals surface area (Å²) in [6, 6.07) is 9.96. The van der Waals surface area contributed by atoms with E-state index in [1.807, 2.05) is 24.3 Å². The number of rotatable bonds is 7. The highest BCUT2D eigenvalue weighted by molar-refractivity contribution is 5.33. The summed E-state index contributed by atoms with van der Waals surface area (Å²) in [4.78, 5) is 0. The monoisotopic (exact) mass is 286 g/mol. The van der Waals surface area contributed by atoms with Crippen molar-refractivity contribution in [1.82, 2.24) is 5.32 Å². The fourth-order valence-electron chi connectivity index (χ4n) is 3.25. The predicted octanol–water partition coefficient (Wildman–Crippen LogP) is 3.89. The van der Waals surface area contributed by atoms with Crippen molar-refractivity contribution in [1.29, 1.82) is 5.26 Å².